The van der Waals surface area contributed by atoms with Crippen LogP contribution in [-0.4, -0.2) is 33.7 Å². The van der Waals surface area contributed by atoms with Crippen LogP contribution in [0.4, 0.5) is 0 Å². The highest BCUT2D eigenvalue weighted by Gasteiger charge is 2.21. The van der Waals surface area contributed by atoms with E-state index in [4.69, 9.17) is 9.88 Å². The maximum atomic E-state index is 12.5. The van der Waals surface area contributed by atoms with Crippen molar-refractivity contribution in [2.24, 2.45) is 5.14 Å². The first kappa shape index (κ1) is 20.2. The molecule has 1 saturated heterocycles. The van der Waals surface area contributed by atoms with E-state index < -0.39 is 0 Å². The molecule has 3 heterocycles. The van der Waals surface area contributed by atoms with Crippen molar-refractivity contribution < 1.29 is 15.7 Å². The van der Waals surface area contributed by atoms with Gasteiger partial charge in [-0.3, -0.25) is 9.93 Å². The van der Waals surface area contributed by atoms with Crippen molar-refractivity contribution in [3.05, 3.63) is 53.1 Å². The van der Waals surface area contributed by atoms with Gasteiger partial charge in [-0.15, -0.1) is 0 Å². The Bertz CT molecular complexity index is 914. The molecule has 7 N–H and O–H groups in total. The van der Waals surface area contributed by atoms with Crippen molar-refractivity contribution in [3.8, 4) is 11.1 Å². The van der Waals surface area contributed by atoms with Crippen LogP contribution in [0.25, 0.3) is 22.0 Å². The van der Waals surface area contributed by atoms with Gasteiger partial charge in [0.15, 0.2) is 0 Å². The lowest BCUT2D eigenvalue weighted by Crippen LogP contribution is -2.19. The number of aromatic nitrogens is 2. The fourth-order valence-corrected chi connectivity index (χ4v) is 3.71. The van der Waals surface area contributed by atoms with Crippen molar-refractivity contribution in [2.75, 3.05) is 13.2 Å². The van der Waals surface area contributed by atoms with E-state index >= 15 is 0 Å². The van der Waals surface area contributed by atoms with E-state index in [0.29, 0.717) is 6.04 Å². The molecule has 1 aliphatic rings. The van der Waals surface area contributed by atoms with Gasteiger partial charge in [0.2, 0.25) is 0 Å². The van der Waals surface area contributed by atoms with Crippen LogP contribution in [0.3, 0.4) is 0 Å². The summed E-state index contributed by atoms with van der Waals surface area (Å²) in [6.07, 6.45) is 5.77. The predicted octanol–water partition coefficient (Wildman–Crippen LogP) is 1.66. The number of aromatic amines is 1. The monoisotopic (exact) mass is 377 g/mol. The summed E-state index contributed by atoms with van der Waals surface area (Å²) in [5, 5.41) is 6.35. The lowest BCUT2D eigenvalue weighted by molar-refractivity contribution is 0.0707. The Hall–Kier alpha value is -2.10. The molecule has 4 rings (SSSR count). The van der Waals surface area contributed by atoms with Crippen LogP contribution in [-0.2, 0) is 4.74 Å². The summed E-state index contributed by atoms with van der Waals surface area (Å²) in [7, 11) is 0. The SMILES string of the molecule is NSc1ccc(-c2cn(C3CCOCC3)c3cc[nH]c(=O)c23)cc1.O.O. The number of H-pyrrole nitrogens is 1. The fraction of sp³-hybridized carbons (Fsp3) is 0.278. The summed E-state index contributed by atoms with van der Waals surface area (Å²) >= 11 is 1.22. The fourth-order valence-electron chi connectivity index (χ4n) is 3.41. The van der Waals surface area contributed by atoms with Crippen molar-refractivity contribution in [1.29, 1.82) is 0 Å². The molecule has 2 aromatic heterocycles. The average Bonchev–Trinajstić information content (AvgIpc) is 3.04. The number of benzene rings is 1. The van der Waals surface area contributed by atoms with Crippen LogP contribution in [0.5, 0.6) is 0 Å². The topological polar surface area (TPSA) is 136 Å². The van der Waals surface area contributed by atoms with Gasteiger partial charge >= 0.3 is 0 Å². The number of hydrogen-bond acceptors (Lipinski definition) is 4. The average molecular weight is 377 g/mol. The van der Waals surface area contributed by atoms with Crippen molar-refractivity contribution in [3.63, 3.8) is 0 Å². The molecular weight excluding hydrogens is 354 g/mol. The Morgan fingerprint density at radius 3 is 2.46 bits per heavy atom. The molecule has 0 radical (unpaired) electrons. The quantitative estimate of drug-likeness (QED) is 0.671. The van der Waals surface area contributed by atoms with E-state index in [-0.39, 0.29) is 16.5 Å². The standard InChI is InChI=1S/C18H19N3O2S.2H2O/c19-24-14-3-1-12(2-4-14)15-11-21(13-6-9-23-10-7-13)16-5-8-20-18(22)17(15)16;;/h1-5,8,11,13H,6-7,9-10,19H2,(H,20,22);2*1H2. The Balaban J connectivity index is 0.00000121. The predicted molar refractivity (Wildman–Crippen MR) is 104 cm³/mol. The molecule has 0 bridgehead atoms. The number of nitrogens with zero attached hydrogens (tertiary/aromatic N) is 1. The summed E-state index contributed by atoms with van der Waals surface area (Å²) in [4.78, 5) is 16.3. The summed E-state index contributed by atoms with van der Waals surface area (Å²) in [5.41, 5.74) is 2.93. The number of rotatable bonds is 3. The molecular formula is C18H23N3O4S. The smallest absolute Gasteiger partial charge is 0.258 e. The number of hydrogen-bond donors (Lipinski definition) is 2. The Morgan fingerprint density at radius 1 is 1.12 bits per heavy atom. The van der Waals surface area contributed by atoms with Crippen LogP contribution >= 0.6 is 11.9 Å². The molecule has 3 aromatic rings. The maximum absolute atomic E-state index is 12.5. The van der Waals surface area contributed by atoms with Crippen LogP contribution < -0.4 is 10.7 Å². The van der Waals surface area contributed by atoms with Crippen LogP contribution in [0.15, 0.2) is 52.4 Å². The zero-order valence-corrected chi connectivity index (χ0v) is 15.0. The number of pyridine rings is 1. The zero-order chi connectivity index (χ0) is 16.5. The first-order valence-electron chi connectivity index (χ1n) is 8.05. The summed E-state index contributed by atoms with van der Waals surface area (Å²) < 4.78 is 7.72. The number of nitrogens with two attached hydrogens (primary N) is 1. The zero-order valence-electron chi connectivity index (χ0n) is 14.2. The highest BCUT2D eigenvalue weighted by Crippen LogP contribution is 2.33. The van der Waals surface area contributed by atoms with Crippen molar-refractivity contribution >= 4 is 22.9 Å². The molecule has 1 fully saturated rings. The molecule has 140 valence electrons. The number of ether oxygens (including phenoxy) is 1. The summed E-state index contributed by atoms with van der Waals surface area (Å²) in [5.74, 6) is 0. The number of fused-ring (bicyclic) bond motifs is 1. The van der Waals surface area contributed by atoms with Gasteiger partial charge in [0, 0.05) is 42.1 Å². The third kappa shape index (κ3) is 3.55. The first-order chi connectivity index (χ1) is 11.8. The van der Waals surface area contributed by atoms with Gasteiger partial charge in [-0.25, -0.2) is 0 Å². The van der Waals surface area contributed by atoms with Gasteiger partial charge in [-0.1, -0.05) is 12.1 Å². The highest BCUT2D eigenvalue weighted by molar-refractivity contribution is 7.97. The highest BCUT2D eigenvalue weighted by atomic mass is 32.2. The molecule has 26 heavy (non-hydrogen) atoms. The molecule has 0 unspecified atom stereocenters. The summed E-state index contributed by atoms with van der Waals surface area (Å²) in [6.45, 7) is 1.54. The molecule has 0 spiro atoms. The van der Waals surface area contributed by atoms with Gasteiger partial charge in [0.25, 0.3) is 5.56 Å². The van der Waals surface area contributed by atoms with E-state index in [0.717, 1.165) is 53.0 Å². The van der Waals surface area contributed by atoms with Gasteiger partial charge in [0.05, 0.1) is 10.9 Å². The van der Waals surface area contributed by atoms with E-state index in [2.05, 4.69) is 15.7 Å². The molecule has 1 aliphatic heterocycles. The molecule has 0 atom stereocenters. The molecule has 1 aromatic carbocycles. The molecule has 8 heteroatoms. The second-order valence-electron chi connectivity index (χ2n) is 6.00. The van der Waals surface area contributed by atoms with E-state index in [1.54, 1.807) is 6.20 Å². The van der Waals surface area contributed by atoms with E-state index in [1.807, 2.05) is 30.3 Å². The molecule has 0 saturated carbocycles. The second kappa shape index (κ2) is 8.52. The lowest BCUT2D eigenvalue weighted by atomic mass is 10.1. The Kier molecular flexibility index (Phi) is 6.63. The Morgan fingerprint density at radius 2 is 1.81 bits per heavy atom. The summed E-state index contributed by atoms with van der Waals surface area (Å²) in [6, 6.07) is 10.4. The molecule has 7 nitrogen and oxygen atoms in total. The Labute approximate surface area is 154 Å². The van der Waals surface area contributed by atoms with Gasteiger partial charge < -0.3 is 25.2 Å². The molecule has 0 aliphatic carbocycles. The third-order valence-corrected chi connectivity index (χ3v) is 5.18. The van der Waals surface area contributed by atoms with Crippen molar-refractivity contribution in [2.45, 2.75) is 23.8 Å². The maximum Gasteiger partial charge on any atom is 0.258 e. The first-order valence-corrected chi connectivity index (χ1v) is 8.93. The van der Waals surface area contributed by atoms with E-state index in [9.17, 15) is 4.79 Å². The second-order valence-corrected chi connectivity index (χ2v) is 6.71. The molecule has 0 amide bonds. The third-order valence-electron chi connectivity index (χ3n) is 4.64. The normalized spacial score (nSPS) is 14.7. The minimum Gasteiger partial charge on any atom is -0.412 e. The van der Waals surface area contributed by atoms with Gasteiger partial charge in [-0.2, -0.15) is 0 Å². The van der Waals surface area contributed by atoms with Crippen LogP contribution in [0, 0.1) is 0 Å². The largest absolute Gasteiger partial charge is 0.412 e. The van der Waals surface area contributed by atoms with E-state index in [1.165, 1.54) is 11.9 Å². The number of nitrogens with one attached hydrogen (secondary N) is 1. The van der Waals surface area contributed by atoms with Gasteiger partial charge in [-0.05, 0) is 48.6 Å². The van der Waals surface area contributed by atoms with Crippen LogP contribution in [0.1, 0.15) is 18.9 Å². The lowest BCUT2D eigenvalue weighted by Gasteiger charge is -2.24. The minimum atomic E-state index is -0.0504. The van der Waals surface area contributed by atoms with Crippen molar-refractivity contribution in [1.82, 2.24) is 9.55 Å². The minimum absolute atomic E-state index is 0. The van der Waals surface area contributed by atoms with Crippen LogP contribution in [0.2, 0.25) is 0 Å². The van der Waals surface area contributed by atoms with Gasteiger partial charge in [0.1, 0.15) is 0 Å².